The first-order chi connectivity index (χ1) is 12.1. The zero-order valence-corrected chi connectivity index (χ0v) is 14.1. The highest BCUT2D eigenvalue weighted by atomic mass is 35.5. The van der Waals surface area contributed by atoms with Crippen LogP contribution in [0.3, 0.4) is 0 Å². The number of non-ortho nitro benzene ring substituents is 1. The van der Waals surface area contributed by atoms with Crippen LogP contribution in [0.2, 0.25) is 5.02 Å². The summed E-state index contributed by atoms with van der Waals surface area (Å²) < 4.78 is 6.54. The molecule has 1 aliphatic heterocycles. The number of benzene rings is 1. The average molecular weight is 365 g/mol. The summed E-state index contributed by atoms with van der Waals surface area (Å²) >= 11 is 6.17. The Labute approximate surface area is 148 Å². The van der Waals surface area contributed by atoms with Crippen LogP contribution in [-0.2, 0) is 4.74 Å². The Bertz CT molecular complexity index is 816. The van der Waals surface area contributed by atoms with E-state index in [1.807, 2.05) is 0 Å². The Morgan fingerprint density at radius 1 is 1.40 bits per heavy atom. The largest absolute Gasteiger partial charge is 0.382 e. The summed E-state index contributed by atoms with van der Waals surface area (Å²) in [6.45, 7) is 2.14. The summed E-state index contributed by atoms with van der Waals surface area (Å²) in [7, 11) is 0. The number of hydrogen-bond donors (Lipinski definition) is 1. The molecule has 1 aromatic carbocycles. The number of halogens is 1. The van der Waals surface area contributed by atoms with Crippen molar-refractivity contribution in [3.8, 4) is 5.69 Å². The molecule has 0 amide bonds. The van der Waals surface area contributed by atoms with Crippen LogP contribution in [0.1, 0.15) is 12.8 Å². The van der Waals surface area contributed by atoms with Crippen molar-refractivity contribution in [3.05, 3.63) is 56.0 Å². The van der Waals surface area contributed by atoms with Gasteiger partial charge in [0.1, 0.15) is 5.02 Å². The number of aromatic nitrogens is 2. The molecule has 2 heterocycles. The van der Waals surface area contributed by atoms with Gasteiger partial charge in [0.25, 0.3) is 11.2 Å². The molecule has 132 valence electrons. The summed E-state index contributed by atoms with van der Waals surface area (Å²) in [5, 5.41) is 18.0. The third kappa shape index (κ3) is 3.97. The number of nitro benzene ring substituents is 1. The second-order valence-corrected chi connectivity index (χ2v) is 6.20. The zero-order chi connectivity index (χ0) is 17.8. The van der Waals surface area contributed by atoms with Gasteiger partial charge in [-0.2, -0.15) is 9.78 Å². The third-order valence-electron chi connectivity index (χ3n) is 4.06. The summed E-state index contributed by atoms with van der Waals surface area (Å²) in [5.41, 5.74) is 0.330. The van der Waals surface area contributed by atoms with Crippen LogP contribution < -0.4 is 10.9 Å². The van der Waals surface area contributed by atoms with Crippen LogP contribution in [0.4, 0.5) is 11.4 Å². The molecule has 1 atom stereocenters. The van der Waals surface area contributed by atoms with Crippen molar-refractivity contribution in [2.24, 2.45) is 5.92 Å². The number of anilines is 1. The molecule has 25 heavy (non-hydrogen) atoms. The Kier molecular flexibility index (Phi) is 5.30. The van der Waals surface area contributed by atoms with E-state index in [1.165, 1.54) is 30.5 Å². The Balaban J connectivity index is 1.77. The normalized spacial score (nSPS) is 17.2. The first kappa shape index (κ1) is 17.4. The lowest BCUT2D eigenvalue weighted by atomic mass is 10.0. The lowest BCUT2D eigenvalue weighted by Gasteiger charge is -2.22. The van der Waals surface area contributed by atoms with Gasteiger partial charge in [-0.15, -0.1) is 0 Å². The fourth-order valence-electron chi connectivity index (χ4n) is 2.68. The zero-order valence-electron chi connectivity index (χ0n) is 13.4. The van der Waals surface area contributed by atoms with Gasteiger partial charge in [0, 0.05) is 25.3 Å². The second kappa shape index (κ2) is 7.62. The molecule has 3 rings (SSSR count). The van der Waals surface area contributed by atoms with Gasteiger partial charge in [-0.05, 0) is 30.9 Å². The van der Waals surface area contributed by atoms with Gasteiger partial charge >= 0.3 is 0 Å². The molecule has 1 N–H and O–H groups in total. The second-order valence-electron chi connectivity index (χ2n) is 5.83. The van der Waals surface area contributed by atoms with E-state index in [9.17, 15) is 14.9 Å². The van der Waals surface area contributed by atoms with Crippen molar-refractivity contribution in [2.75, 3.05) is 25.1 Å². The van der Waals surface area contributed by atoms with Crippen molar-refractivity contribution in [2.45, 2.75) is 12.8 Å². The molecular weight excluding hydrogens is 348 g/mol. The number of nitrogens with one attached hydrogen (secondary N) is 1. The summed E-state index contributed by atoms with van der Waals surface area (Å²) in [6, 6.07) is 5.53. The summed E-state index contributed by atoms with van der Waals surface area (Å²) in [6.07, 6.45) is 3.58. The topological polar surface area (TPSA) is 99.3 Å². The molecule has 1 fully saturated rings. The third-order valence-corrected chi connectivity index (χ3v) is 4.43. The molecule has 0 spiro atoms. The minimum absolute atomic E-state index is 0.0325. The molecule has 0 radical (unpaired) electrons. The van der Waals surface area contributed by atoms with E-state index < -0.39 is 10.5 Å². The van der Waals surface area contributed by atoms with Gasteiger partial charge in [-0.25, -0.2) is 0 Å². The van der Waals surface area contributed by atoms with E-state index >= 15 is 0 Å². The first-order valence-corrected chi connectivity index (χ1v) is 8.28. The molecule has 0 bridgehead atoms. The van der Waals surface area contributed by atoms with Crippen LogP contribution in [-0.4, -0.2) is 34.5 Å². The number of nitro groups is 1. The minimum Gasteiger partial charge on any atom is -0.382 e. The van der Waals surface area contributed by atoms with Crippen LogP contribution in [0.25, 0.3) is 5.69 Å². The molecule has 9 heteroatoms. The van der Waals surface area contributed by atoms with Crippen molar-refractivity contribution in [1.82, 2.24) is 9.78 Å². The first-order valence-electron chi connectivity index (χ1n) is 7.90. The molecular formula is C16H17ClN4O4. The standard InChI is InChI=1S/C16H17ClN4O4/c17-15-14(18-8-11-2-1-7-25-10-11)9-19-20(16(15)22)12-3-5-13(6-4-12)21(23)24/h3-6,9,11,18H,1-2,7-8,10H2. The fourth-order valence-corrected chi connectivity index (χ4v) is 2.87. The van der Waals surface area contributed by atoms with E-state index in [-0.39, 0.29) is 10.7 Å². The molecule has 0 aliphatic carbocycles. The molecule has 2 aromatic rings. The highest BCUT2D eigenvalue weighted by Crippen LogP contribution is 2.20. The van der Waals surface area contributed by atoms with Crippen LogP contribution >= 0.6 is 11.6 Å². The predicted molar refractivity (Wildman–Crippen MR) is 93.5 cm³/mol. The van der Waals surface area contributed by atoms with Gasteiger partial charge < -0.3 is 10.1 Å². The molecule has 8 nitrogen and oxygen atoms in total. The van der Waals surface area contributed by atoms with Crippen LogP contribution in [0.15, 0.2) is 35.3 Å². The van der Waals surface area contributed by atoms with E-state index in [0.717, 1.165) is 24.1 Å². The SMILES string of the molecule is O=c1c(Cl)c(NCC2CCCOC2)cnn1-c1ccc([N+](=O)[O-])cc1. The monoisotopic (exact) mass is 364 g/mol. The average Bonchev–Trinajstić information content (AvgIpc) is 2.64. The van der Waals surface area contributed by atoms with Gasteiger partial charge in [-0.1, -0.05) is 11.6 Å². The van der Waals surface area contributed by atoms with Gasteiger partial charge in [0.15, 0.2) is 0 Å². The summed E-state index contributed by atoms with van der Waals surface area (Å²) in [5.74, 6) is 0.377. The lowest BCUT2D eigenvalue weighted by molar-refractivity contribution is -0.384. The highest BCUT2D eigenvalue weighted by Gasteiger charge is 2.16. The van der Waals surface area contributed by atoms with Crippen LogP contribution in [0, 0.1) is 16.0 Å². The minimum atomic E-state index is -0.505. The number of nitrogens with zero attached hydrogens (tertiary/aromatic N) is 3. The maximum atomic E-state index is 12.4. The molecule has 1 aliphatic rings. The quantitative estimate of drug-likeness (QED) is 0.646. The number of rotatable bonds is 5. The van der Waals surface area contributed by atoms with Crippen molar-refractivity contribution in [1.29, 1.82) is 0 Å². The Morgan fingerprint density at radius 3 is 2.80 bits per heavy atom. The van der Waals surface area contributed by atoms with E-state index in [2.05, 4.69) is 10.4 Å². The molecule has 1 aromatic heterocycles. The maximum Gasteiger partial charge on any atom is 0.292 e. The fraction of sp³-hybridized carbons (Fsp3) is 0.375. The highest BCUT2D eigenvalue weighted by molar-refractivity contribution is 6.32. The number of ether oxygens (including phenoxy) is 1. The maximum absolute atomic E-state index is 12.4. The van der Waals surface area contributed by atoms with Gasteiger partial charge in [0.2, 0.25) is 0 Å². The van der Waals surface area contributed by atoms with Crippen LogP contribution in [0.5, 0.6) is 0 Å². The van der Waals surface area contributed by atoms with Gasteiger partial charge in [0.05, 0.1) is 29.1 Å². The summed E-state index contributed by atoms with van der Waals surface area (Å²) in [4.78, 5) is 22.6. The smallest absolute Gasteiger partial charge is 0.292 e. The van der Waals surface area contributed by atoms with E-state index in [1.54, 1.807) is 0 Å². The van der Waals surface area contributed by atoms with E-state index in [0.29, 0.717) is 30.4 Å². The van der Waals surface area contributed by atoms with E-state index in [4.69, 9.17) is 16.3 Å². The molecule has 1 saturated heterocycles. The lowest BCUT2D eigenvalue weighted by Crippen LogP contribution is -2.26. The van der Waals surface area contributed by atoms with Gasteiger partial charge in [-0.3, -0.25) is 14.9 Å². The predicted octanol–water partition coefficient (Wildman–Crippen LogP) is 2.63. The van der Waals surface area contributed by atoms with Crippen molar-refractivity contribution >= 4 is 23.0 Å². The molecule has 1 unspecified atom stereocenters. The van der Waals surface area contributed by atoms with Crippen molar-refractivity contribution in [3.63, 3.8) is 0 Å². The van der Waals surface area contributed by atoms with Crippen molar-refractivity contribution < 1.29 is 9.66 Å². The Morgan fingerprint density at radius 2 is 2.16 bits per heavy atom. The molecule has 0 saturated carbocycles. The Hall–Kier alpha value is -2.45. The number of hydrogen-bond acceptors (Lipinski definition) is 6.